The molecule has 0 spiro atoms. The highest BCUT2D eigenvalue weighted by Gasteiger charge is 2.17. The predicted octanol–water partition coefficient (Wildman–Crippen LogP) is 4.21. The van der Waals surface area contributed by atoms with Gasteiger partial charge in [0.1, 0.15) is 5.75 Å². The Balaban J connectivity index is 1.37. The molecule has 5 rings (SSSR count). The van der Waals surface area contributed by atoms with E-state index < -0.39 is 0 Å². The summed E-state index contributed by atoms with van der Waals surface area (Å²) >= 11 is 0. The molecule has 0 fully saturated rings. The first-order valence-corrected chi connectivity index (χ1v) is 11.2. The number of carbonyl (C=O) groups excluding carboxylic acids is 1. The minimum atomic E-state index is -0.207. The summed E-state index contributed by atoms with van der Waals surface area (Å²) in [6.45, 7) is 4.20. The summed E-state index contributed by atoms with van der Waals surface area (Å²) in [5.74, 6) is 0.583. The first kappa shape index (κ1) is 22.2. The molecule has 3 heterocycles. The summed E-state index contributed by atoms with van der Waals surface area (Å²) in [7, 11) is 1.63. The second-order valence-corrected chi connectivity index (χ2v) is 8.34. The molecule has 5 aromatic rings. The van der Waals surface area contributed by atoms with E-state index in [0.717, 1.165) is 28.4 Å². The van der Waals surface area contributed by atoms with Crippen molar-refractivity contribution in [1.29, 1.82) is 0 Å². The number of aryl methyl sites for hydroxylation is 1. The second kappa shape index (κ2) is 8.98. The normalized spacial score (nSPS) is 11.1. The van der Waals surface area contributed by atoms with Gasteiger partial charge in [-0.3, -0.25) is 9.20 Å². The molecule has 0 radical (unpaired) electrons. The number of ether oxygens (including phenoxy) is 1. The Labute approximate surface area is 202 Å². The van der Waals surface area contributed by atoms with Gasteiger partial charge in [0.2, 0.25) is 0 Å². The fourth-order valence-corrected chi connectivity index (χ4v) is 4.31. The van der Waals surface area contributed by atoms with Gasteiger partial charge < -0.3 is 14.6 Å². The van der Waals surface area contributed by atoms with Gasteiger partial charge in [-0.1, -0.05) is 18.2 Å². The summed E-state index contributed by atoms with van der Waals surface area (Å²) in [5, 5.41) is 7.37. The number of amides is 1. The smallest absolute Gasteiger partial charge is 0.350 e. The minimum Gasteiger partial charge on any atom is -0.497 e. The Bertz CT molecular complexity index is 1590. The van der Waals surface area contributed by atoms with Crippen LogP contribution in [0.1, 0.15) is 27.3 Å². The lowest BCUT2D eigenvalue weighted by atomic mass is 10.2. The van der Waals surface area contributed by atoms with Crippen LogP contribution in [0.2, 0.25) is 0 Å². The van der Waals surface area contributed by atoms with Crippen LogP contribution in [0.5, 0.6) is 5.75 Å². The SMILES string of the molecule is COc1ccc(-n2c(C)cc(C(=O)Nc3cccc(Cn4nc5ccccn5c4=O)c3)c2C)cc1. The minimum absolute atomic E-state index is 0.195. The third-order valence-corrected chi connectivity index (χ3v) is 6.01. The van der Waals surface area contributed by atoms with Crippen LogP contribution in [0.3, 0.4) is 0 Å². The number of rotatable bonds is 6. The molecule has 8 nitrogen and oxygen atoms in total. The molecule has 2 aromatic carbocycles. The average molecular weight is 468 g/mol. The molecule has 0 aliphatic heterocycles. The van der Waals surface area contributed by atoms with E-state index in [4.69, 9.17) is 4.74 Å². The number of methoxy groups -OCH3 is 1. The zero-order valence-electron chi connectivity index (χ0n) is 19.7. The molecule has 0 atom stereocenters. The Morgan fingerprint density at radius 2 is 1.80 bits per heavy atom. The number of hydrogen-bond donors (Lipinski definition) is 1. The van der Waals surface area contributed by atoms with Crippen molar-refractivity contribution >= 4 is 17.2 Å². The lowest BCUT2D eigenvalue weighted by Crippen LogP contribution is -2.21. The molecule has 0 saturated heterocycles. The molecule has 3 aromatic heterocycles. The van der Waals surface area contributed by atoms with Crippen LogP contribution >= 0.6 is 0 Å². The maximum Gasteiger partial charge on any atom is 0.350 e. The Hall–Kier alpha value is -4.59. The van der Waals surface area contributed by atoms with Gasteiger partial charge in [0.05, 0.1) is 19.2 Å². The molecular formula is C27H25N5O3. The fraction of sp³-hybridized carbons (Fsp3) is 0.148. The van der Waals surface area contributed by atoms with Gasteiger partial charge in [-0.25, -0.2) is 9.48 Å². The van der Waals surface area contributed by atoms with E-state index in [1.54, 1.807) is 25.4 Å². The largest absolute Gasteiger partial charge is 0.497 e. The van der Waals surface area contributed by atoms with Crippen molar-refractivity contribution in [3.63, 3.8) is 0 Å². The lowest BCUT2D eigenvalue weighted by molar-refractivity contribution is 0.102. The summed E-state index contributed by atoms with van der Waals surface area (Å²) in [4.78, 5) is 25.7. The molecule has 1 amide bonds. The van der Waals surface area contributed by atoms with E-state index in [1.807, 2.05) is 79.1 Å². The third kappa shape index (κ3) is 4.21. The highest BCUT2D eigenvalue weighted by molar-refractivity contribution is 6.05. The molecule has 0 saturated carbocycles. The number of anilines is 1. The zero-order chi connectivity index (χ0) is 24.5. The molecule has 35 heavy (non-hydrogen) atoms. The van der Waals surface area contributed by atoms with Crippen LogP contribution in [0, 0.1) is 13.8 Å². The van der Waals surface area contributed by atoms with Crippen LogP contribution in [-0.2, 0) is 6.54 Å². The summed E-state index contributed by atoms with van der Waals surface area (Å²) in [6.07, 6.45) is 1.69. The third-order valence-electron chi connectivity index (χ3n) is 6.01. The summed E-state index contributed by atoms with van der Waals surface area (Å²) in [5.41, 5.74) is 5.25. The number of nitrogens with zero attached hydrogens (tertiary/aromatic N) is 4. The van der Waals surface area contributed by atoms with E-state index in [2.05, 4.69) is 10.4 Å². The van der Waals surface area contributed by atoms with Gasteiger partial charge in [-0.15, -0.1) is 5.10 Å². The number of hydrogen-bond acceptors (Lipinski definition) is 4. The maximum absolute atomic E-state index is 13.2. The van der Waals surface area contributed by atoms with E-state index in [9.17, 15) is 9.59 Å². The van der Waals surface area contributed by atoms with Crippen LogP contribution in [0.25, 0.3) is 11.3 Å². The van der Waals surface area contributed by atoms with Gasteiger partial charge in [0.25, 0.3) is 5.91 Å². The first-order valence-electron chi connectivity index (χ1n) is 11.2. The number of pyridine rings is 1. The van der Waals surface area contributed by atoms with E-state index in [0.29, 0.717) is 23.4 Å². The van der Waals surface area contributed by atoms with Crippen molar-refractivity contribution in [3.8, 4) is 11.4 Å². The van der Waals surface area contributed by atoms with Gasteiger partial charge >= 0.3 is 5.69 Å². The molecular weight excluding hydrogens is 442 g/mol. The van der Waals surface area contributed by atoms with Crippen molar-refractivity contribution in [1.82, 2.24) is 18.7 Å². The molecule has 1 N–H and O–H groups in total. The van der Waals surface area contributed by atoms with Crippen molar-refractivity contribution in [3.05, 3.63) is 112 Å². The molecule has 0 aliphatic carbocycles. The van der Waals surface area contributed by atoms with Crippen LogP contribution in [-0.4, -0.2) is 31.8 Å². The van der Waals surface area contributed by atoms with Crippen LogP contribution < -0.4 is 15.7 Å². The topological polar surface area (TPSA) is 82.6 Å². The van der Waals surface area contributed by atoms with E-state index in [1.165, 1.54) is 9.08 Å². The number of benzene rings is 2. The van der Waals surface area contributed by atoms with Crippen molar-refractivity contribution < 1.29 is 9.53 Å². The van der Waals surface area contributed by atoms with Crippen molar-refractivity contribution in [2.45, 2.75) is 20.4 Å². The predicted molar refractivity (Wildman–Crippen MR) is 135 cm³/mol. The number of carbonyl (C=O) groups is 1. The Kier molecular flexibility index (Phi) is 5.70. The summed E-state index contributed by atoms with van der Waals surface area (Å²) in [6, 6.07) is 22.5. The number of fused-ring (bicyclic) bond motifs is 1. The Morgan fingerprint density at radius 1 is 1.00 bits per heavy atom. The highest BCUT2D eigenvalue weighted by atomic mass is 16.5. The maximum atomic E-state index is 13.2. The lowest BCUT2D eigenvalue weighted by Gasteiger charge is -2.11. The van der Waals surface area contributed by atoms with Crippen LogP contribution in [0.4, 0.5) is 5.69 Å². The van der Waals surface area contributed by atoms with Gasteiger partial charge in [-0.05, 0) is 74.0 Å². The van der Waals surface area contributed by atoms with Crippen molar-refractivity contribution in [2.24, 2.45) is 0 Å². The summed E-state index contributed by atoms with van der Waals surface area (Å²) < 4.78 is 10.2. The van der Waals surface area contributed by atoms with Crippen molar-refractivity contribution in [2.75, 3.05) is 12.4 Å². The molecule has 176 valence electrons. The fourth-order valence-electron chi connectivity index (χ4n) is 4.31. The quantitative estimate of drug-likeness (QED) is 0.406. The molecule has 0 bridgehead atoms. The second-order valence-electron chi connectivity index (χ2n) is 8.34. The Morgan fingerprint density at radius 3 is 2.54 bits per heavy atom. The van der Waals surface area contributed by atoms with E-state index >= 15 is 0 Å². The number of aromatic nitrogens is 4. The molecule has 8 heteroatoms. The van der Waals surface area contributed by atoms with E-state index in [-0.39, 0.29) is 11.6 Å². The number of nitrogens with one attached hydrogen (secondary N) is 1. The average Bonchev–Trinajstić information content (AvgIpc) is 3.34. The monoisotopic (exact) mass is 467 g/mol. The first-order chi connectivity index (χ1) is 16.9. The standard InChI is InChI=1S/C27H25N5O3/c1-18-15-24(19(2)32(18)22-10-12-23(35-3)13-11-22)26(33)28-21-8-6-7-20(16-21)17-31-27(34)30-14-5-4-9-25(30)29-31/h4-16H,17H2,1-3H3,(H,28,33). The van der Waals surface area contributed by atoms with Gasteiger partial charge in [0.15, 0.2) is 5.65 Å². The molecule has 0 aliphatic rings. The van der Waals surface area contributed by atoms with Gasteiger partial charge in [0, 0.05) is 29.0 Å². The van der Waals surface area contributed by atoms with Gasteiger partial charge in [-0.2, -0.15) is 0 Å². The highest BCUT2D eigenvalue weighted by Crippen LogP contribution is 2.24. The molecule has 0 unspecified atom stereocenters. The van der Waals surface area contributed by atoms with Crippen LogP contribution in [0.15, 0.2) is 83.8 Å². The zero-order valence-corrected chi connectivity index (χ0v) is 19.7.